The predicted molar refractivity (Wildman–Crippen MR) is 80.5 cm³/mol. The number of halogens is 1. The molecular formula is C17H23FN2O. The van der Waals surface area contributed by atoms with E-state index in [2.05, 4.69) is 11.9 Å². The summed E-state index contributed by atoms with van der Waals surface area (Å²) in [7, 11) is 2.15. The van der Waals surface area contributed by atoms with Gasteiger partial charge in [-0.15, -0.1) is 0 Å². The third kappa shape index (κ3) is 2.95. The van der Waals surface area contributed by atoms with E-state index in [-0.39, 0.29) is 18.1 Å². The second-order valence-corrected chi connectivity index (χ2v) is 6.26. The minimum Gasteiger partial charge on any atom is -0.338 e. The van der Waals surface area contributed by atoms with Crippen LogP contribution in [0.1, 0.15) is 31.2 Å². The number of carbonyl (C=O) groups is 1. The summed E-state index contributed by atoms with van der Waals surface area (Å²) in [6.45, 7) is 1.94. The van der Waals surface area contributed by atoms with Crippen molar-refractivity contribution in [1.82, 2.24) is 9.80 Å². The number of amides is 1. The minimum absolute atomic E-state index is 0.0721. The van der Waals surface area contributed by atoms with Gasteiger partial charge in [0, 0.05) is 18.6 Å². The summed E-state index contributed by atoms with van der Waals surface area (Å²) >= 11 is 0. The molecule has 0 aliphatic carbocycles. The molecule has 2 fully saturated rings. The highest BCUT2D eigenvalue weighted by molar-refractivity contribution is 5.79. The van der Waals surface area contributed by atoms with E-state index < -0.39 is 0 Å². The Kier molecular flexibility index (Phi) is 4.24. The summed E-state index contributed by atoms with van der Waals surface area (Å²) in [6.07, 6.45) is 4.72. The summed E-state index contributed by atoms with van der Waals surface area (Å²) in [5.74, 6) is -0.206. The Bertz CT molecular complexity index is 519. The molecule has 3 nitrogen and oxygen atoms in total. The van der Waals surface area contributed by atoms with Crippen LogP contribution in [0.15, 0.2) is 24.3 Å². The van der Waals surface area contributed by atoms with Crippen LogP contribution in [0.4, 0.5) is 4.39 Å². The number of hydrogen-bond donors (Lipinski definition) is 0. The topological polar surface area (TPSA) is 23.6 Å². The summed E-state index contributed by atoms with van der Waals surface area (Å²) in [6, 6.07) is 7.39. The molecule has 0 aromatic heterocycles. The Morgan fingerprint density at radius 1 is 1.19 bits per heavy atom. The number of likely N-dealkylation sites (tertiary alicyclic amines) is 2. The van der Waals surface area contributed by atoms with Crippen molar-refractivity contribution in [2.75, 3.05) is 20.1 Å². The first-order valence-electron chi connectivity index (χ1n) is 7.90. The standard InChI is InChI=1S/C17H23FN2O/c1-19-10-4-8-15(19)16-9-5-11-20(16)17(21)12-13-6-2-3-7-14(13)18/h2-3,6-7,15-16H,4-5,8-12H2,1H3/t15-,16-/m1/s1. The zero-order valence-corrected chi connectivity index (χ0v) is 12.6. The van der Waals surface area contributed by atoms with E-state index >= 15 is 0 Å². The smallest absolute Gasteiger partial charge is 0.227 e. The highest BCUT2D eigenvalue weighted by Crippen LogP contribution is 2.29. The summed E-state index contributed by atoms with van der Waals surface area (Å²) in [5, 5.41) is 0. The number of benzene rings is 1. The van der Waals surface area contributed by atoms with Gasteiger partial charge in [-0.1, -0.05) is 18.2 Å². The molecule has 2 saturated heterocycles. The number of hydrogen-bond acceptors (Lipinski definition) is 2. The van der Waals surface area contributed by atoms with Gasteiger partial charge in [-0.3, -0.25) is 4.79 Å². The van der Waals surface area contributed by atoms with Crippen molar-refractivity contribution in [3.63, 3.8) is 0 Å². The molecule has 4 heteroatoms. The van der Waals surface area contributed by atoms with Gasteiger partial charge in [0.1, 0.15) is 5.82 Å². The lowest BCUT2D eigenvalue weighted by molar-refractivity contribution is -0.132. The molecule has 21 heavy (non-hydrogen) atoms. The average molecular weight is 290 g/mol. The highest BCUT2D eigenvalue weighted by atomic mass is 19.1. The molecule has 1 amide bonds. The van der Waals surface area contributed by atoms with Crippen LogP contribution < -0.4 is 0 Å². The molecule has 114 valence electrons. The van der Waals surface area contributed by atoms with E-state index in [1.54, 1.807) is 18.2 Å². The predicted octanol–water partition coefficient (Wildman–Crippen LogP) is 2.45. The Labute approximate surface area is 125 Å². The minimum atomic E-state index is -0.278. The molecule has 0 N–H and O–H groups in total. The lowest BCUT2D eigenvalue weighted by atomic mass is 10.0. The van der Waals surface area contributed by atoms with Crippen molar-refractivity contribution < 1.29 is 9.18 Å². The summed E-state index contributed by atoms with van der Waals surface area (Å²) in [4.78, 5) is 17.0. The van der Waals surface area contributed by atoms with Crippen LogP contribution in [0.3, 0.4) is 0 Å². The van der Waals surface area contributed by atoms with Gasteiger partial charge in [0.05, 0.1) is 6.42 Å². The lowest BCUT2D eigenvalue weighted by Gasteiger charge is -2.33. The summed E-state index contributed by atoms with van der Waals surface area (Å²) < 4.78 is 13.7. The molecule has 0 saturated carbocycles. The van der Waals surface area contributed by atoms with Gasteiger partial charge in [-0.25, -0.2) is 4.39 Å². The molecule has 2 aliphatic rings. The van der Waals surface area contributed by atoms with Crippen molar-refractivity contribution in [3.05, 3.63) is 35.6 Å². The van der Waals surface area contributed by atoms with Gasteiger partial charge in [0.2, 0.25) is 5.91 Å². The molecule has 3 rings (SSSR count). The molecular weight excluding hydrogens is 267 g/mol. The first kappa shape index (κ1) is 14.5. The fourth-order valence-electron chi connectivity index (χ4n) is 3.83. The van der Waals surface area contributed by atoms with Crippen molar-refractivity contribution in [1.29, 1.82) is 0 Å². The molecule has 2 heterocycles. The number of likely N-dealkylation sites (N-methyl/N-ethyl adjacent to an activating group) is 1. The maximum Gasteiger partial charge on any atom is 0.227 e. The van der Waals surface area contributed by atoms with Crippen molar-refractivity contribution in [2.24, 2.45) is 0 Å². The molecule has 0 unspecified atom stereocenters. The normalized spacial score (nSPS) is 26.5. The van der Waals surface area contributed by atoms with Crippen LogP contribution in [-0.2, 0) is 11.2 Å². The van der Waals surface area contributed by atoms with E-state index in [0.717, 1.165) is 25.9 Å². The van der Waals surface area contributed by atoms with Gasteiger partial charge in [0.15, 0.2) is 0 Å². The summed E-state index contributed by atoms with van der Waals surface area (Å²) in [5.41, 5.74) is 0.507. The van der Waals surface area contributed by atoms with E-state index in [1.807, 2.05) is 4.90 Å². The van der Waals surface area contributed by atoms with Crippen LogP contribution in [0.5, 0.6) is 0 Å². The number of carbonyl (C=O) groups excluding carboxylic acids is 1. The van der Waals surface area contributed by atoms with Crippen LogP contribution in [0, 0.1) is 5.82 Å². The van der Waals surface area contributed by atoms with Gasteiger partial charge in [-0.05, 0) is 50.9 Å². The monoisotopic (exact) mass is 290 g/mol. The average Bonchev–Trinajstić information content (AvgIpc) is 3.09. The van der Waals surface area contributed by atoms with E-state index in [0.29, 0.717) is 17.6 Å². The Balaban J connectivity index is 1.70. The second kappa shape index (κ2) is 6.14. The zero-order chi connectivity index (χ0) is 14.8. The van der Waals surface area contributed by atoms with Crippen LogP contribution in [-0.4, -0.2) is 47.9 Å². The Hall–Kier alpha value is -1.42. The van der Waals surface area contributed by atoms with Crippen LogP contribution in [0.25, 0.3) is 0 Å². The highest BCUT2D eigenvalue weighted by Gasteiger charge is 2.38. The largest absolute Gasteiger partial charge is 0.338 e. The maximum atomic E-state index is 13.7. The number of nitrogens with zero attached hydrogens (tertiary/aromatic N) is 2. The fourth-order valence-corrected chi connectivity index (χ4v) is 3.83. The van der Waals surface area contributed by atoms with E-state index in [4.69, 9.17) is 0 Å². The van der Waals surface area contributed by atoms with Gasteiger partial charge < -0.3 is 9.80 Å². The maximum absolute atomic E-state index is 13.7. The van der Waals surface area contributed by atoms with Crippen molar-refractivity contribution >= 4 is 5.91 Å². The molecule has 0 spiro atoms. The quantitative estimate of drug-likeness (QED) is 0.854. The lowest BCUT2D eigenvalue weighted by Crippen LogP contribution is -2.47. The van der Waals surface area contributed by atoms with Crippen LogP contribution >= 0.6 is 0 Å². The zero-order valence-electron chi connectivity index (χ0n) is 12.6. The van der Waals surface area contributed by atoms with E-state index in [1.165, 1.54) is 18.9 Å². The first-order valence-corrected chi connectivity index (χ1v) is 7.90. The molecule has 0 radical (unpaired) electrons. The first-order chi connectivity index (χ1) is 10.2. The second-order valence-electron chi connectivity index (χ2n) is 6.26. The van der Waals surface area contributed by atoms with Crippen molar-refractivity contribution in [2.45, 2.75) is 44.2 Å². The van der Waals surface area contributed by atoms with Crippen LogP contribution in [0.2, 0.25) is 0 Å². The molecule has 2 atom stereocenters. The molecule has 0 bridgehead atoms. The van der Waals surface area contributed by atoms with Crippen molar-refractivity contribution in [3.8, 4) is 0 Å². The molecule has 1 aromatic carbocycles. The van der Waals surface area contributed by atoms with Gasteiger partial charge in [-0.2, -0.15) is 0 Å². The van der Waals surface area contributed by atoms with Gasteiger partial charge in [0.25, 0.3) is 0 Å². The fraction of sp³-hybridized carbons (Fsp3) is 0.588. The molecule has 2 aliphatic heterocycles. The third-order valence-corrected chi connectivity index (χ3v) is 4.94. The molecule has 1 aromatic rings. The Morgan fingerprint density at radius 2 is 1.90 bits per heavy atom. The Morgan fingerprint density at radius 3 is 2.62 bits per heavy atom. The van der Waals surface area contributed by atoms with E-state index in [9.17, 15) is 9.18 Å². The SMILES string of the molecule is CN1CCC[C@@H]1[C@H]1CCCN1C(=O)Cc1ccccc1F. The van der Waals surface area contributed by atoms with Gasteiger partial charge >= 0.3 is 0 Å². The number of rotatable bonds is 3. The third-order valence-electron chi connectivity index (χ3n) is 4.94.